The topological polar surface area (TPSA) is 33.2 Å². The van der Waals surface area contributed by atoms with Gasteiger partial charge in [-0.3, -0.25) is 4.79 Å². The number of aromatic nitrogens is 1. The largest absolute Gasteiger partial charge is 0.337 e. The predicted octanol–water partition coefficient (Wildman–Crippen LogP) is 4.95. The van der Waals surface area contributed by atoms with Crippen LogP contribution in [0.4, 0.5) is 4.39 Å². The molecule has 1 aromatic heterocycles. The number of fused-ring (bicyclic) bond motifs is 1. The van der Waals surface area contributed by atoms with Crippen LogP contribution in [0.1, 0.15) is 15.9 Å². The van der Waals surface area contributed by atoms with Crippen molar-refractivity contribution in [1.82, 2.24) is 9.88 Å². The first-order valence-corrected chi connectivity index (χ1v) is 7.96. The van der Waals surface area contributed by atoms with Crippen LogP contribution in [0.15, 0.2) is 48.5 Å². The van der Waals surface area contributed by atoms with Crippen LogP contribution < -0.4 is 0 Å². The zero-order chi connectivity index (χ0) is 17.3. The van der Waals surface area contributed by atoms with Crippen LogP contribution in [0.25, 0.3) is 10.9 Å². The number of amides is 1. The molecule has 0 N–H and O–H groups in total. The Bertz CT molecular complexity index is 910. The maximum Gasteiger partial charge on any atom is 0.253 e. The van der Waals surface area contributed by atoms with Crippen molar-refractivity contribution in [2.75, 3.05) is 7.05 Å². The fourth-order valence-corrected chi connectivity index (χ4v) is 2.82. The van der Waals surface area contributed by atoms with E-state index < -0.39 is 5.82 Å². The van der Waals surface area contributed by atoms with Gasteiger partial charge in [0.2, 0.25) is 0 Å². The van der Waals surface area contributed by atoms with Crippen molar-refractivity contribution in [3.63, 3.8) is 0 Å². The van der Waals surface area contributed by atoms with E-state index in [2.05, 4.69) is 4.98 Å². The molecule has 0 aliphatic carbocycles. The maximum atomic E-state index is 13.9. The van der Waals surface area contributed by atoms with Crippen LogP contribution in [0.2, 0.25) is 10.2 Å². The lowest BCUT2D eigenvalue weighted by molar-refractivity contribution is 0.0784. The van der Waals surface area contributed by atoms with Gasteiger partial charge in [0.1, 0.15) is 11.0 Å². The Kier molecular flexibility index (Phi) is 4.69. The van der Waals surface area contributed by atoms with E-state index in [0.717, 1.165) is 5.39 Å². The van der Waals surface area contributed by atoms with Crippen molar-refractivity contribution in [3.05, 3.63) is 75.7 Å². The van der Waals surface area contributed by atoms with Crippen molar-refractivity contribution in [2.24, 2.45) is 0 Å². The Morgan fingerprint density at radius 3 is 2.71 bits per heavy atom. The highest BCUT2D eigenvalue weighted by Gasteiger charge is 2.16. The minimum atomic E-state index is -0.431. The molecule has 0 spiro atoms. The molecule has 6 heteroatoms. The van der Waals surface area contributed by atoms with Crippen molar-refractivity contribution < 1.29 is 9.18 Å². The van der Waals surface area contributed by atoms with Gasteiger partial charge in [0.15, 0.2) is 0 Å². The summed E-state index contributed by atoms with van der Waals surface area (Å²) in [7, 11) is 1.61. The molecular weight excluding hydrogens is 350 g/mol. The number of hydrogen-bond donors (Lipinski definition) is 0. The first-order chi connectivity index (χ1) is 11.5. The number of carbonyl (C=O) groups excluding carboxylic acids is 1. The molecular formula is C18H13Cl2FN2O. The highest BCUT2D eigenvalue weighted by atomic mass is 35.5. The lowest BCUT2D eigenvalue weighted by Crippen LogP contribution is -2.26. The molecule has 1 heterocycles. The van der Waals surface area contributed by atoms with Crippen molar-refractivity contribution in [2.45, 2.75) is 6.54 Å². The number of hydrogen-bond acceptors (Lipinski definition) is 2. The Morgan fingerprint density at radius 2 is 1.96 bits per heavy atom. The molecule has 0 aliphatic heterocycles. The molecule has 3 aromatic rings. The van der Waals surface area contributed by atoms with E-state index in [4.69, 9.17) is 23.2 Å². The first kappa shape index (κ1) is 16.7. The Labute approximate surface area is 148 Å². The zero-order valence-corrected chi connectivity index (χ0v) is 14.3. The SMILES string of the molecule is CN(Cc1c(F)cccc1Cl)C(=O)c1ccc2nc(Cl)ccc2c1. The molecule has 0 saturated heterocycles. The third-order valence-corrected chi connectivity index (χ3v) is 4.27. The first-order valence-electron chi connectivity index (χ1n) is 7.20. The van der Waals surface area contributed by atoms with Crippen LogP contribution in [0.3, 0.4) is 0 Å². The minimum absolute atomic E-state index is 0.0846. The second-order valence-corrected chi connectivity index (χ2v) is 6.20. The van der Waals surface area contributed by atoms with Gasteiger partial charge in [-0.2, -0.15) is 0 Å². The van der Waals surface area contributed by atoms with Gasteiger partial charge in [-0.15, -0.1) is 0 Å². The molecule has 0 fully saturated rings. The van der Waals surface area contributed by atoms with E-state index in [-0.39, 0.29) is 12.5 Å². The van der Waals surface area contributed by atoms with Crippen molar-refractivity contribution >= 4 is 40.0 Å². The highest BCUT2D eigenvalue weighted by Crippen LogP contribution is 2.22. The summed E-state index contributed by atoms with van der Waals surface area (Å²) in [6.45, 7) is 0.0846. The molecule has 0 radical (unpaired) electrons. The number of benzene rings is 2. The Balaban J connectivity index is 1.87. The summed E-state index contributed by atoms with van der Waals surface area (Å²) in [5.74, 6) is -0.661. The quantitative estimate of drug-likeness (QED) is 0.617. The number of nitrogens with zero attached hydrogens (tertiary/aromatic N) is 2. The molecule has 0 atom stereocenters. The fourth-order valence-electron chi connectivity index (χ4n) is 2.45. The Hall–Kier alpha value is -2.17. The molecule has 0 aliphatic rings. The van der Waals surface area contributed by atoms with Crippen LogP contribution in [0.5, 0.6) is 0 Å². The summed E-state index contributed by atoms with van der Waals surface area (Å²) in [5, 5.41) is 1.50. The van der Waals surface area contributed by atoms with E-state index in [1.165, 1.54) is 17.0 Å². The Morgan fingerprint density at radius 1 is 1.17 bits per heavy atom. The van der Waals surface area contributed by atoms with E-state index in [9.17, 15) is 9.18 Å². The van der Waals surface area contributed by atoms with Crippen LogP contribution in [-0.4, -0.2) is 22.8 Å². The molecule has 122 valence electrons. The second-order valence-electron chi connectivity index (χ2n) is 5.40. The molecule has 0 bridgehead atoms. The van der Waals surface area contributed by atoms with Gasteiger partial charge >= 0.3 is 0 Å². The molecule has 3 rings (SSSR count). The van der Waals surface area contributed by atoms with E-state index >= 15 is 0 Å². The molecule has 0 unspecified atom stereocenters. The third kappa shape index (κ3) is 3.35. The normalized spacial score (nSPS) is 10.8. The number of rotatable bonds is 3. The number of halogens is 3. The average molecular weight is 363 g/mol. The maximum absolute atomic E-state index is 13.9. The lowest BCUT2D eigenvalue weighted by Gasteiger charge is -2.18. The second kappa shape index (κ2) is 6.75. The molecule has 24 heavy (non-hydrogen) atoms. The summed E-state index contributed by atoms with van der Waals surface area (Å²) in [6, 6.07) is 13.1. The van der Waals surface area contributed by atoms with Crippen LogP contribution in [-0.2, 0) is 6.54 Å². The molecule has 3 nitrogen and oxygen atoms in total. The minimum Gasteiger partial charge on any atom is -0.337 e. The summed E-state index contributed by atoms with van der Waals surface area (Å²) < 4.78 is 13.9. The van der Waals surface area contributed by atoms with Crippen LogP contribution >= 0.6 is 23.2 Å². The van der Waals surface area contributed by atoms with Gasteiger partial charge in [0.05, 0.1) is 5.52 Å². The average Bonchev–Trinajstić information content (AvgIpc) is 2.57. The van der Waals surface area contributed by atoms with Gasteiger partial charge < -0.3 is 4.90 Å². The van der Waals surface area contributed by atoms with E-state index in [1.54, 1.807) is 43.4 Å². The standard InChI is InChI=1S/C18H13Cl2FN2O/c1-23(10-13-14(19)3-2-4-15(13)21)18(24)12-5-7-16-11(9-12)6-8-17(20)22-16/h2-9H,10H2,1H3. The smallest absolute Gasteiger partial charge is 0.253 e. The molecule has 0 saturated carbocycles. The van der Waals surface area contributed by atoms with Gasteiger partial charge in [-0.25, -0.2) is 9.37 Å². The molecule has 1 amide bonds. The fraction of sp³-hybridized carbons (Fsp3) is 0.111. The summed E-state index contributed by atoms with van der Waals surface area (Å²) in [6.07, 6.45) is 0. The van der Waals surface area contributed by atoms with Crippen LogP contribution in [0, 0.1) is 5.82 Å². The van der Waals surface area contributed by atoms with Gasteiger partial charge in [-0.05, 0) is 42.5 Å². The number of pyridine rings is 1. The van der Waals surface area contributed by atoms with Gasteiger partial charge in [-0.1, -0.05) is 29.3 Å². The van der Waals surface area contributed by atoms with Gasteiger partial charge in [0.25, 0.3) is 5.91 Å². The monoisotopic (exact) mass is 362 g/mol. The summed E-state index contributed by atoms with van der Waals surface area (Å²) in [4.78, 5) is 18.2. The van der Waals surface area contributed by atoms with Crippen molar-refractivity contribution in [3.8, 4) is 0 Å². The summed E-state index contributed by atoms with van der Waals surface area (Å²) in [5.41, 5.74) is 1.49. The summed E-state index contributed by atoms with van der Waals surface area (Å²) >= 11 is 11.9. The zero-order valence-electron chi connectivity index (χ0n) is 12.8. The predicted molar refractivity (Wildman–Crippen MR) is 94.0 cm³/mol. The molecule has 2 aromatic carbocycles. The van der Waals surface area contributed by atoms with E-state index in [0.29, 0.717) is 26.8 Å². The van der Waals surface area contributed by atoms with Gasteiger partial charge in [0, 0.05) is 35.1 Å². The lowest BCUT2D eigenvalue weighted by atomic mass is 10.1. The van der Waals surface area contributed by atoms with E-state index in [1.807, 2.05) is 0 Å². The highest BCUT2D eigenvalue weighted by molar-refractivity contribution is 6.31. The van der Waals surface area contributed by atoms with Crippen molar-refractivity contribution in [1.29, 1.82) is 0 Å². The number of carbonyl (C=O) groups is 1. The third-order valence-electron chi connectivity index (χ3n) is 3.71.